The van der Waals surface area contributed by atoms with Gasteiger partial charge in [0, 0.05) is 16.8 Å². The molecule has 0 amide bonds. The van der Waals surface area contributed by atoms with E-state index in [4.69, 9.17) is 21.1 Å². The van der Waals surface area contributed by atoms with Crippen LogP contribution in [0.2, 0.25) is 5.02 Å². The van der Waals surface area contributed by atoms with Crippen molar-refractivity contribution in [2.75, 3.05) is 0 Å². The molecule has 1 aliphatic rings. The van der Waals surface area contributed by atoms with Gasteiger partial charge in [-0.3, -0.25) is 4.79 Å². The maximum Gasteiger partial charge on any atom is 0.227 e. The van der Waals surface area contributed by atoms with E-state index >= 15 is 0 Å². The molecule has 3 aromatic carbocycles. The molecule has 1 atom stereocenters. The molecule has 1 aromatic heterocycles. The first-order valence-electron chi connectivity index (χ1n) is 10.6. The summed E-state index contributed by atoms with van der Waals surface area (Å²) in [4.78, 5) is 13.8. The number of aromatic nitrogens is 1. The summed E-state index contributed by atoms with van der Waals surface area (Å²) in [5.41, 5.74) is 2.19. The van der Waals surface area contributed by atoms with Crippen LogP contribution in [0.25, 0.3) is 5.69 Å². The molecule has 4 aromatic rings. The first-order valence-corrected chi connectivity index (χ1v) is 11.0. The zero-order chi connectivity index (χ0) is 22.1. The van der Waals surface area contributed by atoms with E-state index in [1.54, 1.807) is 6.07 Å². The van der Waals surface area contributed by atoms with E-state index < -0.39 is 5.60 Å². The molecule has 0 bridgehead atoms. The second kappa shape index (κ2) is 8.21. The van der Waals surface area contributed by atoms with Crippen molar-refractivity contribution < 1.29 is 14.3 Å². The molecule has 0 radical (unpaired) electrons. The lowest BCUT2D eigenvalue weighted by molar-refractivity contribution is 0.0424. The molecule has 0 saturated heterocycles. The van der Waals surface area contributed by atoms with Crippen LogP contribution in [-0.4, -0.2) is 10.4 Å². The highest BCUT2D eigenvalue weighted by Crippen LogP contribution is 2.41. The summed E-state index contributed by atoms with van der Waals surface area (Å²) < 4.78 is 14.3. The number of ketones is 1. The summed E-state index contributed by atoms with van der Waals surface area (Å²) in [5, 5.41) is 0.636. The molecule has 2 heterocycles. The normalized spacial score (nSPS) is 17.1. The summed E-state index contributed by atoms with van der Waals surface area (Å²) in [6.45, 7) is 2.38. The van der Waals surface area contributed by atoms with Gasteiger partial charge in [0.15, 0.2) is 5.60 Å². The van der Waals surface area contributed by atoms with E-state index in [9.17, 15) is 4.79 Å². The maximum absolute atomic E-state index is 13.8. The minimum atomic E-state index is -1.10. The number of rotatable bonds is 5. The number of carbonyl (C=O) groups is 1. The fourth-order valence-electron chi connectivity index (χ4n) is 4.18. The lowest BCUT2D eigenvalue weighted by atomic mass is 9.84. The molecule has 1 aliphatic heterocycles. The highest BCUT2D eigenvalue weighted by molar-refractivity contribution is 6.30. The first kappa shape index (κ1) is 20.4. The minimum Gasteiger partial charge on any atom is -0.489 e. The van der Waals surface area contributed by atoms with Gasteiger partial charge in [-0.2, -0.15) is 0 Å². The molecule has 0 fully saturated rings. The Morgan fingerprint density at radius 2 is 1.78 bits per heavy atom. The number of hydrogen-bond donors (Lipinski definition) is 0. The molecule has 5 rings (SSSR count). The van der Waals surface area contributed by atoms with Gasteiger partial charge in [0.2, 0.25) is 5.78 Å². The van der Waals surface area contributed by atoms with Crippen molar-refractivity contribution in [3.63, 3.8) is 0 Å². The van der Waals surface area contributed by atoms with Crippen LogP contribution in [-0.2, 0) is 12.2 Å². The monoisotopic (exact) mass is 443 g/mol. The van der Waals surface area contributed by atoms with Gasteiger partial charge in [-0.1, -0.05) is 61.0 Å². The van der Waals surface area contributed by atoms with Crippen LogP contribution in [0.3, 0.4) is 0 Å². The Labute approximate surface area is 192 Å². The molecule has 5 heteroatoms. The molecule has 0 spiro atoms. The largest absolute Gasteiger partial charge is 0.489 e. The third kappa shape index (κ3) is 3.47. The fourth-order valence-corrected chi connectivity index (χ4v) is 4.36. The van der Waals surface area contributed by atoms with Crippen LogP contribution in [0.5, 0.6) is 11.5 Å². The summed E-state index contributed by atoms with van der Waals surface area (Å²) in [5.74, 6) is 1.35. The lowest BCUT2D eigenvalue weighted by Gasteiger charge is -2.31. The second-order valence-corrected chi connectivity index (χ2v) is 8.22. The maximum atomic E-state index is 13.8. The van der Waals surface area contributed by atoms with E-state index in [0.717, 1.165) is 16.8 Å². The van der Waals surface area contributed by atoms with Crippen molar-refractivity contribution in [1.29, 1.82) is 0 Å². The van der Waals surface area contributed by atoms with Crippen molar-refractivity contribution in [3.05, 3.63) is 113 Å². The van der Waals surface area contributed by atoms with Gasteiger partial charge in [-0.15, -0.1) is 0 Å². The molecule has 4 nitrogen and oxygen atoms in total. The summed E-state index contributed by atoms with van der Waals surface area (Å²) >= 11 is 6.03. The molecule has 32 heavy (non-hydrogen) atoms. The molecule has 160 valence electrons. The fraction of sp³-hybridized carbons (Fsp3) is 0.148. The lowest BCUT2D eigenvalue weighted by Crippen LogP contribution is -2.41. The molecular formula is C27H22ClNO3. The predicted molar refractivity (Wildman–Crippen MR) is 125 cm³/mol. The Hall–Kier alpha value is -3.50. The van der Waals surface area contributed by atoms with Gasteiger partial charge in [0.05, 0.1) is 11.4 Å². The van der Waals surface area contributed by atoms with Gasteiger partial charge in [0.1, 0.15) is 18.1 Å². The zero-order valence-corrected chi connectivity index (χ0v) is 18.4. The van der Waals surface area contributed by atoms with Gasteiger partial charge in [-0.25, -0.2) is 0 Å². The van der Waals surface area contributed by atoms with E-state index in [0.29, 0.717) is 35.2 Å². The number of nitrogens with zero attached hydrogens (tertiary/aromatic N) is 1. The van der Waals surface area contributed by atoms with Gasteiger partial charge >= 0.3 is 0 Å². The highest BCUT2D eigenvalue weighted by Gasteiger charge is 2.45. The van der Waals surface area contributed by atoms with Crippen LogP contribution >= 0.6 is 11.6 Å². The number of carbonyl (C=O) groups excluding carboxylic acids is 1. The molecule has 0 aliphatic carbocycles. The first-order chi connectivity index (χ1) is 15.6. The third-order valence-electron chi connectivity index (χ3n) is 5.88. The number of fused-ring (bicyclic) bond motifs is 3. The Kier molecular flexibility index (Phi) is 5.24. The Bertz CT molecular complexity index is 1280. The van der Waals surface area contributed by atoms with Crippen molar-refractivity contribution in [3.8, 4) is 17.2 Å². The average molecular weight is 444 g/mol. The van der Waals surface area contributed by atoms with E-state index in [-0.39, 0.29) is 5.78 Å². The number of ether oxygens (including phenoxy) is 2. The van der Waals surface area contributed by atoms with Crippen molar-refractivity contribution in [1.82, 2.24) is 4.57 Å². The topological polar surface area (TPSA) is 40.5 Å². The summed E-state index contributed by atoms with van der Waals surface area (Å²) in [6, 6.07) is 26.7. The number of Topliss-reactive ketones (excluding diaryl/α,β-unsaturated/α-hetero) is 1. The summed E-state index contributed by atoms with van der Waals surface area (Å²) in [6.07, 6.45) is 2.40. The molecule has 0 unspecified atom stereocenters. The summed E-state index contributed by atoms with van der Waals surface area (Å²) in [7, 11) is 0. The number of benzene rings is 3. The zero-order valence-electron chi connectivity index (χ0n) is 17.6. The van der Waals surface area contributed by atoms with E-state index in [1.807, 2.05) is 96.6 Å². The smallest absolute Gasteiger partial charge is 0.227 e. The Morgan fingerprint density at radius 1 is 0.969 bits per heavy atom. The number of para-hydroxylation sites is 2. The number of halogens is 1. The van der Waals surface area contributed by atoms with Crippen LogP contribution in [0, 0.1) is 0 Å². The van der Waals surface area contributed by atoms with Crippen LogP contribution in [0.1, 0.15) is 35.0 Å². The second-order valence-electron chi connectivity index (χ2n) is 7.79. The van der Waals surface area contributed by atoms with E-state index in [1.165, 1.54) is 0 Å². The van der Waals surface area contributed by atoms with Gasteiger partial charge < -0.3 is 14.0 Å². The average Bonchev–Trinajstić information content (AvgIpc) is 3.28. The van der Waals surface area contributed by atoms with E-state index in [2.05, 4.69) is 0 Å². The molecule has 0 saturated carbocycles. The van der Waals surface area contributed by atoms with Crippen LogP contribution < -0.4 is 9.47 Å². The van der Waals surface area contributed by atoms with Crippen molar-refractivity contribution >= 4 is 17.4 Å². The predicted octanol–water partition coefficient (Wildman–Crippen LogP) is 6.59. The van der Waals surface area contributed by atoms with Crippen LogP contribution in [0.4, 0.5) is 0 Å². The van der Waals surface area contributed by atoms with Gasteiger partial charge in [0.25, 0.3) is 0 Å². The Morgan fingerprint density at radius 3 is 2.56 bits per heavy atom. The SMILES string of the molecule is CC[C@]1(c2ccc(COc3cccc(Cl)c3)cc2)Oc2ccccc2-n2cccc2C1=O. The molecular weight excluding hydrogens is 422 g/mol. The van der Waals surface area contributed by atoms with Gasteiger partial charge in [-0.05, 0) is 54.4 Å². The van der Waals surface area contributed by atoms with Crippen molar-refractivity contribution in [2.24, 2.45) is 0 Å². The Balaban J connectivity index is 1.48. The minimum absolute atomic E-state index is 0.0517. The molecule has 0 N–H and O–H groups in total. The number of hydrogen-bond acceptors (Lipinski definition) is 3. The third-order valence-corrected chi connectivity index (χ3v) is 6.11. The van der Waals surface area contributed by atoms with Crippen molar-refractivity contribution in [2.45, 2.75) is 25.6 Å². The van der Waals surface area contributed by atoms with Crippen LogP contribution in [0.15, 0.2) is 91.1 Å². The highest BCUT2D eigenvalue weighted by atomic mass is 35.5. The quantitative estimate of drug-likeness (QED) is 0.349. The standard InChI is InChI=1S/C27H22ClNO3/c1-2-27(20-14-12-19(13-15-20)18-31-22-8-5-7-21(28)17-22)26(30)24-10-6-16-29(24)23-9-3-4-11-25(23)32-27/h3-17H,2,18H2,1H3/t27-/m1/s1.